The Balaban J connectivity index is 1.94. The van der Waals surface area contributed by atoms with Gasteiger partial charge in [-0.3, -0.25) is 19.1 Å². The topological polar surface area (TPSA) is 119 Å². The van der Waals surface area contributed by atoms with Crippen LogP contribution in [0.15, 0.2) is 39.0 Å². The number of rotatable bonds is 8. The summed E-state index contributed by atoms with van der Waals surface area (Å²) in [7, 11) is 1.90. The van der Waals surface area contributed by atoms with Gasteiger partial charge in [-0.25, -0.2) is 9.78 Å². The van der Waals surface area contributed by atoms with Crippen molar-refractivity contribution < 1.29 is 4.79 Å². The van der Waals surface area contributed by atoms with Gasteiger partial charge in [0.05, 0.1) is 16.8 Å². The van der Waals surface area contributed by atoms with E-state index in [1.165, 1.54) is 21.2 Å². The van der Waals surface area contributed by atoms with E-state index in [1.54, 1.807) is 0 Å². The van der Waals surface area contributed by atoms with Crippen LogP contribution in [0.4, 0.5) is 11.5 Å². The molecule has 0 radical (unpaired) electrons. The third kappa shape index (κ3) is 4.90. The molecule has 2 aromatic heterocycles. The molecule has 172 valence electrons. The van der Waals surface area contributed by atoms with Crippen LogP contribution in [-0.2, 0) is 18.4 Å². The normalized spacial score (nSPS) is 11.6. The van der Waals surface area contributed by atoms with Gasteiger partial charge in [0.1, 0.15) is 5.82 Å². The first kappa shape index (κ1) is 23.6. The smallest absolute Gasteiger partial charge is 0.330 e. The second kappa shape index (κ2) is 9.64. The molecule has 0 fully saturated rings. The lowest BCUT2D eigenvalue weighted by molar-refractivity contribution is -0.116. The number of aromatic nitrogens is 4. The number of thioether (sulfide) groups is 1. The standard InChI is InChI=1S/C22H30N6O3S/c1-13(2)10-27(18-19(23)28(11-14(3)4)21(31)25-20(18)30)17(29)12-32-22-24-15-8-6-7-9-16(15)26(22)5/h6-9,13-14H,10-12,23H2,1-5H3,(H,25,30,31). The van der Waals surface area contributed by atoms with Gasteiger partial charge in [-0.05, 0) is 24.0 Å². The highest BCUT2D eigenvalue weighted by Gasteiger charge is 2.25. The summed E-state index contributed by atoms with van der Waals surface area (Å²) in [4.78, 5) is 46.6. The molecule has 10 heteroatoms. The number of carbonyl (C=O) groups excluding carboxylic acids is 1. The van der Waals surface area contributed by atoms with Crippen molar-refractivity contribution in [2.45, 2.75) is 39.4 Å². The summed E-state index contributed by atoms with van der Waals surface area (Å²) in [6.07, 6.45) is 0. The van der Waals surface area contributed by atoms with Crippen LogP contribution in [0.2, 0.25) is 0 Å². The average Bonchev–Trinajstić information content (AvgIpc) is 3.04. The maximum Gasteiger partial charge on any atom is 0.330 e. The number of benzene rings is 1. The number of aromatic amines is 1. The van der Waals surface area contributed by atoms with Gasteiger partial charge in [-0.1, -0.05) is 51.6 Å². The predicted octanol–water partition coefficient (Wildman–Crippen LogP) is 2.44. The molecule has 9 nitrogen and oxygen atoms in total. The van der Waals surface area contributed by atoms with E-state index in [2.05, 4.69) is 9.97 Å². The van der Waals surface area contributed by atoms with E-state index in [0.29, 0.717) is 18.2 Å². The third-order valence-electron chi connectivity index (χ3n) is 4.95. The Bertz CT molecular complexity index is 1240. The molecule has 0 saturated heterocycles. The summed E-state index contributed by atoms with van der Waals surface area (Å²) in [5.74, 6) is 0.0310. The zero-order valence-corrected chi connectivity index (χ0v) is 19.9. The Kier molecular flexibility index (Phi) is 7.12. The summed E-state index contributed by atoms with van der Waals surface area (Å²) < 4.78 is 3.25. The number of aryl methyl sites for hydroxylation is 1. The Labute approximate surface area is 190 Å². The molecule has 2 heterocycles. The van der Waals surface area contributed by atoms with Crippen molar-refractivity contribution in [1.82, 2.24) is 19.1 Å². The maximum atomic E-state index is 13.3. The molecule has 3 rings (SSSR count). The first-order chi connectivity index (χ1) is 15.1. The highest BCUT2D eigenvalue weighted by atomic mass is 32.2. The lowest BCUT2D eigenvalue weighted by Gasteiger charge is -2.26. The largest absolute Gasteiger partial charge is 0.383 e. The lowest BCUT2D eigenvalue weighted by Crippen LogP contribution is -2.43. The number of hydrogen-bond donors (Lipinski definition) is 2. The van der Waals surface area contributed by atoms with E-state index in [0.717, 1.165) is 11.0 Å². The minimum absolute atomic E-state index is 0.00850. The van der Waals surface area contributed by atoms with Gasteiger partial charge in [0.15, 0.2) is 10.8 Å². The molecule has 1 amide bonds. The summed E-state index contributed by atoms with van der Waals surface area (Å²) >= 11 is 1.30. The van der Waals surface area contributed by atoms with Crippen LogP contribution in [0.25, 0.3) is 11.0 Å². The molecule has 0 atom stereocenters. The van der Waals surface area contributed by atoms with Crippen LogP contribution in [-0.4, -0.2) is 37.3 Å². The van der Waals surface area contributed by atoms with Crippen LogP contribution in [0.1, 0.15) is 27.7 Å². The Morgan fingerprint density at radius 3 is 2.50 bits per heavy atom. The molecular formula is C22H30N6O3S. The van der Waals surface area contributed by atoms with Gasteiger partial charge in [0.25, 0.3) is 5.56 Å². The van der Waals surface area contributed by atoms with E-state index in [4.69, 9.17) is 5.73 Å². The summed E-state index contributed by atoms with van der Waals surface area (Å²) in [5.41, 5.74) is 6.87. The number of H-pyrrole nitrogens is 1. The molecule has 3 aromatic rings. The molecule has 3 N–H and O–H groups in total. The number of nitrogens with one attached hydrogen (secondary N) is 1. The molecule has 0 bridgehead atoms. The number of hydrogen-bond acceptors (Lipinski definition) is 6. The second-order valence-corrected chi connectivity index (χ2v) is 9.57. The van der Waals surface area contributed by atoms with Crippen molar-refractivity contribution >= 4 is 40.2 Å². The number of carbonyl (C=O) groups is 1. The minimum Gasteiger partial charge on any atom is -0.383 e. The number of nitrogens with zero attached hydrogens (tertiary/aromatic N) is 4. The average molecular weight is 459 g/mol. The highest BCUT2D eigenvalue weighted by Crippen LogP contribution is 2.25. The van der Waals surface area contributed by atoms with Gasteiger partial charge in [0.2, 0.25) is 5.91 Å². The van der Waals surface area contributed by atoms with Crippen molar-refractivity contribution in [1.29, 1.82) is 0 Å². The van der Waals surface area contributed by atoms with Crippen molar-refractivity contribution in [2.75, 3.05) is 22.9 Å². The lowest BCUT2D eigenvalue weighted by atomic mass is 10.2. The Morgan fingerprint density at radius 1 is 1.19 bits per heavy atom. The third-order valence-corrected chi connectivity index (χ3v) is 5.97. The maximum absolute atomic E-state index is 13.3. The van der Waals surface area contributed by atoms with Crippen LogP contribution in [0, 0.1) is 11.8 Å². The van der Waals surface area contributed by atoms with E-state index in [1.807, 2.05) is 63.6 Å². The van der Waals surface area contributed by atoms with Crippen molar-refractivity contribution in [3.63, 3.8) is 0 Å². The van der Waals surface area contributed by atoms with Crippen molar-refractivity contribution in [3.05, 3.63) is 45.1 Å². The minimum atomic E-state index is -0.658. The Morgan fingerprint density at radius 2 is 1.88 bits per heavy atom. The predicted molar refractivity (Wildman–Crippen MR) is 129 cm³/mol. The molecule has 0 aliphatic heterocycles. The number of para-hydroxylation sites is 2. The van der Waals surface area contributed by atoms with Gasteiger partial charge in [-0.2, -0.15) is 0 Å². The fraction of sp³-hybridized carbons (Fsp3) is 0.455. The highest BCUT2D eigenvalue weighted by molar-refractivity contribution is 7.99. The number of nitrogen functional groups attached to an aromatic ring is 1. The van der Waals surface area contributed by atoms with Crippen LogP contribution < -0.4 is 21.9 Å². The molecular weight excluding hydrogens is 428 g/mol. The number of nitrogens with two attached hydrogens (primary N) is 1. The molecule has 0 unspecified atom stereocenters. The zero-order valence-electron chi connectivity index (χ0n) is 19.1. The van der Waals surface area contributed by atoms with E-state index < -0.39 is 11.2 Å². The SMILES string of the molecule is CC(C)CN(C(=O)CSc1nc2ccccc2n1C)c1c(N)n(CC(C)C)c(=O)[nH]c1=O. The Hall–Kier alpha value is -3.01. The van der Waals surface area contributed by atoms with Gasteiger partial charge in [0, 0.05) is 20.1 Å². The van der Waals surface area contributed by atoms with Crippen LogP contribution >= 0.6 is 11.8 Å². The number of imidazole rings is 1. The second-order valence-electron chi connectivity index (χ2n) is 8.63. The molecule has 0 saturated carbocycles. The van der Waals surface area contributed by atoms with E-state index in [-0.39, 0.29) is 35.0 Å². The summed E-state index contributed by atoms with van der Waals surface area (Å²) in [5, 5.41) is 0.704. The number of amides is 1. The van der Waals surface area contributed by atoms with E-state index >= 15 is 0 Å². The number of anilines is 2. The molecule has 0 aliphatic rings. The first-order valence-electron chi connectivity index (χ1n) is 10.6. The van der Waals surface area contributed by atoms with Crippen LogP contribution in [0.3, 0.4) is 0 Å². The van der Waals surface area contributed by atoms with Gasteiger partial charge < -0.3 is 15.2 Å². The quantitative estimate of drug-likeness (QED) is 0.501. The molecule has 1 aromatic carbocycles. The van der Waals surface area contributed by atoms with Crippen LogP contribution in [0.5, 0.6) is 0 Å². The molecule has 32 heavy (non-hydrogen) atoms. The van der Waals surface area contributed by atoms with Gasteiger partial charge in [-0.15, -0.1) is 0 Å². The summed E-state index contributed by atoms with van der Waals surface area (Å²) in [6, 6.07) is 7.75. The zero-order chi connectivity index (χ0) is 23.6. The van der Waals surface area contributed by atoms with Crippen molar-refractivity contribution in [2.24, 2.45) is 18.9 Å². The molecule has 0 spiro atoms. The number of fused-ring (bicyclic) bond motifs is 1. The van der Waals surface area contributed by atoms with Crippen molar-refractivity contribution in [3.8, 4) is 0 Å². The fourth-order valence-corrected chi connectivity index (χ4v) is 4.39. The van der Waals surface area contributed by atoms with E-state index in [9.17, 15) is 14.4 Å². The fourth-order valence-electron chi connectivity index (χ4n) is 3.52. The monoisotopic (exact) mass is 458 g/mol. The molecule has 0 aliphatic carbocycles. The first-order valence-corrected chi connectivity index (χ1v) is 11.6. The van der Waals surface area contributed by atoms with Gasteiger partial charge >= 0.3 is 5.69 Å². The summed E-state index contributed by atoms with van der Waals surface area (Å²) in [6.45, 7) is 8.44.